The minimum Gasteiger partial charge on any atom is -0.480 e. The van der Waals surface area contributed by atoms with Gasteiger partial charge in [-0.15, -0.1) is 0 Å². The quantitative estimate of drug-likeness (QED) is 0.518. The normalized spacial score (nSPS) is 21.6. The molecule has 19 heavy (non-hydrogen) atoms. The summed E-state index contributed by atoms with van der Waals surface area (Å²) in [7, 11) is 1.53. The maximum Gasteiger partial charge on any atom is 0.322 e. The van der Waals surface area contributed by atoms with Crippen LogP contribution in [-0.4, -0.2) is 73.2 Å². The Kier molecular flexibility index (Phi) is 5.71. The number of ether oxygens (including phenoxy) is 1. The summed E-state index contributed by atoms with van der Waals surface area (Å²) in [5, 5.41) is 14.2. The fourth-order valence-electron chi connectivity index (χ4n) is 1.90. The highest BCUT2D eigenvalue weighted by Gasteiger charge is 2.33. The van der Waals surface area contributed by atoms with Crippen LogP contribution in [0, 0.1) is 0 Å². The summed E-state index contributed by atoms with van der Waals surface area (Å²) >= 11 is 0. The van der Waals surface area contributed by atoms with E-state index in [1.807, 2.05) is 0 Å². The van der Waals surface area contributed by atoms with E-state index in [0.717, 1.165) is 0 Å². The predicted octanol–water partition coefficient (Wildman–Crippen LogP) is -1.98. The lowest BCUT2D eigenvalue weighted by Gasteiger charge is -2.32. The monoisotopic (exact) mass is 273 g/mol. The molecular formula is C11H19N3O5. The van der Waals surface area contributed by atoms with Gasteiger partial charge in [-0.25, -0.2) is 0 Å². The van der Waals surface area contributed by atoms with Crippen LogP contribution in [-0.2, 0) is 19.1 Å². The van der Waals surface area contributed by atoms with E-state index in [1.54, 1.807) is 6.92 Å². The Bertz CT molecular complexity index is 360. The summed E-state index contributed by atoms with van der Waals surface area (Å²) in [6.07, 6.45) is 0. The fraction of sp³-hybridized carbons (Fsp3) is 0.727. The number of carbonyl (C=O) groups excluding carboxylic acids is 2. The van der Waals surface area contributed by atoms with Crippen molar-refractivity contribution in [2.75, 3.05) is 33.4 Å². The van der Waals surface area contributed by atoms with E-state index in [0.29, 0.717) is 6.61 Å². The Morgan fingerprint density at radius 2 is 2.32 bits per heavy atom. The van der Waals surface area contributed by atoms with Gasteiger partial charge in [0, 0.05) is 19.7 Å². The highest BCUT2D eigenvalue weighted by molar-refractivity contribution is 5.85. The first-order chi connectivity index (χ1) is 8.93. The molecule has 0 saturated carbocycles. The van der Waals surface area contributed by atoms with E-state index in [9.17, 15) is 14.4 Å². The van der Waals surface area contributed by atoms with Crippen molar-refractivity contribution >= 4 is 17.8 Å². The molecule has 1 fully saturated rings. The van der Waals surface area contributed by atoms with E-state index < -0.39 is 12.0 Å². The van der Waals surface area contributed by atoms with Crippen LogP contribution < -0.4 is 10.6 Å². The zero-order chi connectivity index (χ0) is 14.4. The first-order valence-corrected chi connectivity index (χ1v) is 5.96. The maximum atomic E-state index is 11.7. The number of aliphatic carboxylic acids is 1. The van der Waals surface area contributed by atoms with Crippen LogP contribution in [0.2, 0.25) is 0 Å². The molecule has 0 aromatic heterocycles. The molecule has 1 rings (SSSR count). The minimum absolute atomic E-state index is 0.00900. The van der Waals surface area contributed by atoms with Crippen molar-refractivity contribution in [1.82, 2.24) is 15.5 Å². The van der Waals surface area contributed by atoms with Gasteiger partial charge < -0.3 is 20.5 Å². The first kappa shape index (κ1) is 15.4. The summed E-state index contributed by atoms with van der Waals surface area (Å²) < 4.78 is 4.88. The molecule has 2 amide bonds. The molecule has 1 saturated heterocycles. The standard InChI is InChI=1S/C11H19N3O5/c1-7(6-19-2)13-10(16)5-14-4-9(15)12-3-8(14)11(17)18/h7-8H,3-6H2,1-2H3,(H,12,15)(H,13,16)(H,17,18). The van der Waals surface area contributed by atoms with Gasteiger partial charge in [-0.3, -0.25) is 19.3 Å². The number of carboxylic acids is 1. The fourth-order valence-corrected chi connectivity index (χ4v) is 1.90. The van der Waals surface area contributed by atoms with Gasteiger partial charge in [0.2, 0.25) is 11.8 Å². The molecule has 2 unspecified atom stereocenters. The Morgan fingerprint density at radius 1 is 1.63 bits per heavy atom. The van der Waals surface area contributed by atoms with Gasteiger partial charge in [-0.05, 0) is 6.92 Å². The Labute approximate surface area is 111 Å². The summed E-state index contributed by atoms with van der Waals surface area (Å²) in [6, 6.07) is -1.04. The number of nitrogens with zero attached hydrogens (tertiary/aromatic N) is 1. The zero-order valence-electron chi connectivity index (χ0n) is 11.0. The van der Waals surface area contributed by atoms with Crippen molar-refractivity contribution in [3.8, 4) is 0 Å². The second kappa shape index (κ2) is 7.05. The lowest BCUT2D eigenvalue weighted by Crippen LogP contribution is -2.59. The number of amides is 2. The molecule has 3 N–H and O–H groups in total. The molecule has 1 aliphatic heterocycles. The Morgan fingerprint density at radius 3 is 2.89 bits per heavy atom. The smallest absolute Gasteiger partial charge is 0.322 e. The number of nitrogens with one attached hydrogen (secondary N) is 2. The number of rotatable bonds is 6. The molecule has 0 radical (unpaired) electrons. The lowest BCUT2D eigenvalue weighted by atomic mass is 10.2. The summed E-state index contributed by atoms with van der Waals surface area (Å²) in [4.78, 5) is 35.4. The summed E-state index contributed by atoms with van der Waals surface area (Å²) in [6.45, 7) is 1.93. The van der Waals surface area contributed by atoms with Crippen molar-refractivity contribution in [3.63, 3.8) is 0 Å². The number of piperazine rings is 1. The van der Waals surface area contributed by atoms with Crippen molar-refractivity contribution < 1.29 is 24.2 Å². The molecular weight excluding hydrogens is 254 g/mol. The predicted molar refractivity (Wildman–Crippen MR) is 65.5 cm³/mol. The number of hydrogen-bond donors (Lipinski definition) is 3. The van der Waals surface area contributed by atoms with E-state index in [1.165, 1.54) is 12.0 Å². The number of hydrogen-bond acceptors (Lipinski definition) is 5. The molecule has 1 aliphatic rings. The number of carbonyl (C=O) groups is 3. The zero-order valence-corrected chi connectivity index (χ0v) is 11.0. The highest BCUT2D eigenvalue weighted by Crippen LogP contribution is 2.04. The lowest BCUT2D eigenvalue weighted by molar-refractivity contribution is -0.146. The molecule has 0 spiro atoms. The van der Waals surface area contributed by atoms with Crippen LogP contribution in [0.25, 0.3) is 0 Å². The molecule has 0 aromatic rings. The van der Waals surface area contributed by atoms with Gasteiger partial charge in [0.05, 0.1) is 19.7 Å². The van der Waals surface area contributed by atoms with Crippen LogP contribution in [0.15, 0.2) is 0 Å². The van der Waals surface area contributed by atoms with Gasteiger partial charge in [0.1, 0.15) is 6.04 Å². The van der Waals surface area contributed by atoms with Gasteiger partial charge in [0.15, 0.2) is 0 Å². The average Bonchev–Trinajstić information content (AvgIpc) is 2.28. The third-order valence-corrected chi connectivity index (χ3v) is 2.74. The molecule has 8 heteroatoms. The van der Waals surface area contributed by atoms with Crippen molar-refractivity contribution in [3.05, 3.63) is 0 Å². The Hall–Kier alpha value is -1.67. The van der Waals surface area contributed by atoms with Gasteiger partial charge in [-0.1, -0.05) is 0 Å². The molecule has 0 aromatic carbocycles. The molecule has 1 heterocycles. The van der Waals surface area contributed by atoms with Crippen LogP contribution in [0.4, 0.5) is 0 Å². The average molecular weight is 273 g/mol. The van der Waals surface area contributed by atoms with Gasteiger partial charge >= 0.3 is 5.97 Å². The maximum absolute atomic E-state index is 11.7. The topological polar surface area (TPSA) is 108 Å². The van der Waals surface area contributed by atoms with Gasteiger partial charge in [0.25, 0.3) is 0 Å². The molecule has 0 bridgehead atoms. The molecule has 108 valence electrons. The van der Waals surface area contributed by atoms with Crippen molar-refractivity contribution in [1.29, 1.82) is 0 Å². The molecule has 0 aliphatic carbocycles. The summed E-state index contributed by atoms with van der Waals surface area (Å²) in [5.74, 6) is -1.67. The van der Waals surface area contributed by atoms with E-state index in [2.05, 4.69) is 10.6 Å². The molecule has 8 nitrogen and oxygen atoms in total. The van der Waals surface area contributed by atoms with Crippen LogP contribution in [0.5, 0.6) is 0 Å². The third kappa shape index (κ3) is 4.84. The van der Waals surface area contributed by atoms with Crippen LogP contribution >= 0.6 is 0 Å². The second-order valence-corrected chi connectivity index (χ2v) is 4.49. The first-order valence-electron chi connectivity index (χ1n) is 5.96. The van der Waals surface area contributed by atoms with E-state index >= 15 is 0 Å². The molecule has 2 atom stereocenters. The SMILES string of the molecule is COCC(C)NC(=O)CN1CC(=O)NCC1C(=O)O. The van der Waals surface area contributed by atoms with Crippen molar-refractivity contribution in [2.45, 2.75) is 19.0 Å². The summed E-state index contributed by atoms with van der Waals surface area (Å²) in [5.41, 5.74) is 0. The Balaban J connectivity index is 2.53. The minimum atomic E-state index is -1.06. The number of methoxy groups -OCH3 is 1. The van der Waals surface area contributed by atoms with Crippen molar-refractivity contribution in [2.24, 2.45) is 0 Å². The number of carboxylic acid groups (broad SMARTS) is 1. The largest absolute Gasteiger partial charge is 0.480 e. The van der Waals surface area contributed by atoms with Crippen LogP contribution in [0.3, 0.4) is 0 Å². The third-order valence-electron chi connectivity index (χ3n) is 2.74. The highest BCUT2D eigenvalue weighted by atomic mass is 16.5. The van der Waals surface area contributed by atoms with Gasteiger partial charge in [-0.2, -0.15) is 0 Å². The van der Waals surface area contributed by atoms with Crippen LogP contribution in [0.1, 0.15) is 6.92 Å². The van der Waals surface area contributed by atoms with E-state index in [4.69, 9.17) is 9.84 Å². The van der Waals surface area contributed by atoms with E-state index in [-0.39, 0.29) is 37.5 Å². The second-order valence-electron chi connectivity index (χ2n) is 4.49.